The third kappa shape index (κ3) is 3.87. The first-order chi connectivity index (χ1) is 13.9. The number of nitrogens with zero attached hydrogens (tertiary/aromatic N) is 5. The lowest BCUT2D eigenvalue weighted by Gasteiger charge is -2.32. The molecule has 1 amide bonds. The molecule has 1 aliphatic rings. The second-order valence-electron chi connectivity index (χ2n) is 7.33. The first kappa shape index (κ1) is 19.2. The molecule has 4 rings (SSSR count). The topological polar surface area (TPSA) is 63.9 Å². The number of halogens is 2. The van der Waals surface area contributed by atoms with Crippen molar-refractivity contribution in [3.8, 4) is 11.4 Å². The molecule has 0 unspecified atom stereocenters. The molecule has 29 heavy (non-hydrogen) atoms. The second-order valence-corrected chi connectivity index (χ2v) is 7.33. The molecule has 0 radical (unpaired) electrons. The Hall–Kier alpha value is -3.16. The van der Waals surface area contributed by atoms with Gasteiger partial charge < -0.3 is 9.47 Å². The van der Waals surface area contributed by atoms with E-state index < -0.39 is 11.6 Å². The van der Waals surface area contributed by atoms with Gasteiger partial charge in [-0.25, -0.2) is 18.7 Å². The van der Waals surface area contributed by atoms with Crippen LogP contribution >= 0.6 is 0 Å². The molecule has 3 aromatic rings. The number of amides is 1. The Kier molecular flexibility index (Phi) is 5.08. The van der Waals surface area contributed by atoms with Crippen LogP contribution in [0.3, 0.4) is 0 Å². The van der Waals surface area contributed by atoms with Gasteiger partial charge in [0.25, 0.3) is 5.91 Å². The quantitative estimate of drug-likeness (QED) is 0.679. The molecule has 1 atom stereocenters. The normalized spacial score (nSPS) is 16.8. The van der Waals surface area contributed by atoms with Crippen LogP contribution in [0.4, 0.5) is 8.78 Å². The van der Waals surface area contributed by atoms with Crippen LogP contribution in [0.2, 0.25) is 0 Å². The predicted molar refractivity (Wildman–Crippen MR) is 103 cm³/mol. The Labute approximate surface area is 167 Å². The number of benzene rings is 1. The van der Waals surface area contributed by atoms with Gasteiger partial charge in [-0.1, -0.05) is 0 Å². The highest BCUT2D eigenvalue weighted by atomic mass is 19.1. The molecule has 3 heterocycles. The van der Waals surface area contributed by atoms with Gasteiger partial charge in [-0.05, 0) is 31.9 Å². The van der Waals surface area contributed by atoms with E-state index in [4.69, 9.17) is 4.98 Å². The highest BCUT2D eigenvalue weighted by Gasteiger charge is 2.27. The lowest BCUT2D eigenvalue weighted by Crippen LogP contribution is -2.39. The van der Waals surface area contributed by atoms with Crippen LogP contribution in [-0.2, 0) is 7.05 Å². The summed E-state index contributed by atoms with van der Waals surface area (Å²) in [6.45, 7) is 2.89. The Balaban J connectivity index is 1.56. The van der Waals surface area contributed by atoms with Crippen molar-refractivity contribution in [3.05, 3.63) is 65.5 Å². The van der Waals surface area contributed by atoms with Crippen molar-refractivity contribution < 1.29 is 13.6 Å². The maximum absolute atomic E-state index is 13.5. The minimum atomic E-state index is -0.757. The van der Waals surface area contributed by atoms with E-state index in [2.05, 4.69) is 9.97 Å². The highest BCUT2D eigenvalue weighted by Crippen LogP contribution is 2.28. The van der Waals surface area contributed by atoms with Gasteiger partial charge in [0.05, 0.1) is 23.8 Å². The number of carbonyl (C=O) groups excluding carboxylic acids is 1. The first-order valence-corrected chi connectivity index (χ1v) is 9.48. The minimum Gasteiger partial charge on any atom is -0.338 e. The number of rotatable bonds is 3. The van der Waals surface area contributed by atoms with Gasteiger partial charge in [0, 0.05) is 43.9 Å². The van der Waals surface area contributed by atoms with E-state index in [1.54, 1.807) is 23.5 Å². The van der Waals surface area contributed by atoms with Crippen molar-refractivity contribution in [3.63, 3.8) is 0 Å². The first-order valence-electron chi connectivity index (χ1n) is 9.48. The smallest absolute Gasteiger partial charge is 0.254 e. The van der Waals surface area contributed by atoms with Gasteiger partial charge in [-0.15, -0.1) is 0 Å². The third-order valence-electron chi connectivity index (χ3n) is 5.37. The summed E-state index contributed by atoms with van der Waals surface area (Å²) in [4.78, 5) is 27.8. The van der Waals surface area contributed by atoms with Crippen molar-refractivity contribution >= 4 is 5.91 Å². The fraction of sp³-hybridized carbons (Fsp3) is 0.333. The summed E-state index contributed by atoms with van der Waals surface area (Å²) < 4.78 is 28.9. The van der Waals surface area contributed by atoms with Gasteiger partial charge in [-0.2, -0.15) is 0 Å². The summed E-state index contributed by atoms with van der Waals surface area (Å²) in [5, 5.41) is 0. The largest absolute Gasteiger partial charge is 0.338 e. The van der Waals surface area contributed by atoms with Gasteiger partial charge in [0.1, 0.15) is 23.2 Å². The number of imidazole rings is 1. The zero-order valence-electron chi connectivity index (χ0n) is 16.3. The molecule has 1 fully saturated rings. The maximum Gasteiger partial charge on any atom is 0.254 e. The molecule has 2 aromatic heterocycles. The summed E-state index contributed by atoms with van der Waals surface area (Å²) in [6, 6.07) is 2.90. The molecule has 8 heteroatoms. The second kappa shape index (κ2) is 7.69. The number of aromatic nitrogens is 4. The van der Waals surface area contributed by atoms with Gasteiger partial charge >= 0.3 is 0 Å². The van der Waals surface area contributed by atoms with E-state index >= 15 is 0 Å². The molecule has 1 saturated heterocycles. The standard InChI is InChI=1S/C21H21F2N5O/c1-13-25-11-20(27(13)2)19-10-24-9-18(26-19)14-4-3-5-28(12-14)21(29)15-6-16(22)8-17(23)7-15/h6-11,14H,3-5,12H2,1-2H3/t14-/m1/s1. The fourth-order valence-corrected chi connectivity index (χ4v) is 3.70. The maximum atomic E-state index is 13.5. The predicted octanol–water partition coefficient (Wildman–Crippen LogP) is 3.48. The van der Waals surface area contributed by atoms with Crippen molar-refractivity contribution in [2.75, 3.05) is 13.1 Å². The van der Waals surface area contributed by atoms with E-state index in [0.717, 1.165) is 53.9 Å². The number of likely N-dealkylation sites (tertiary alicyclic amines) is 1. The minimum absolute atomic E-state index is 0.00730. The van der Waals surface area contributed by atoms with Gasteiger partial charge in [-0.3, -0.25) is 9.78 Å². The van der Waals surface area contributed by atoms with Crippen LogP contribution in [-0.4, -0.2) is 43.4 Å². The van der Waals surface area contributed by atoms with Crippen molar-refractivity contribution in [2.24, 2.45) is 7.05 Å². The molecule has 1 aliphatic heterocycles. The molecule has 150 valence electrons. The van der Waals surface area contributed by atoms with Crippen LogP contribution < -0.4 is 0 Å². The average Bonchev–Trinajstić information content (AvgIpc) is 3.05. The van der Waals surface area contributed by atoms with Crippen molar-refractivity contribution in [1.82, 2.24) is 24.4 Å². The molecule has 0 saturated carbocycles. The number of aryl methyl sites for hydroxylation is 1. The molecule has 0 bridgehead atoms. The zero-order valence-corrected chi connectivity index (χ0v) is 16.3. The Morgan fingerprint density at radius 3 is 2.59 bits per heavy atom. The lowest BCUT2D eigenvalue weighted by molar-refractivity contribution is 0.0704. The summed E-state index contributed by atoms with van der Waals surface area (Å²) in [6.07, 6.45) is 6.82. The van der Waals surface area contributed by atoms with E-state index in [9.17, 15) is 13.6 Å². The number of hydrogen-bond donors (Lipinski definition) is 0. The molecule has 0 N–H and O–H groups in total. The molecule has 0 aliphatic carbocycles. The van der Waals surface area contributed by atoms with Crippen LogP contribution in [0.15, 0.2) is 36.8 Å². The average molecular weight is 397 g/mol. The summed E-state index contributed by atoms with van der Waals surface area (Å²) in [5.41, 5.74) is 2.41. The van der Waals surface area contributed by atoms with Gasteiger partial charge in [0.15, 0.2) is 0 Å². The van der Waals surface area contributed by atoms with E-state index in [-0.39, 0.29) is 17.4 Å². The van der Waals surface area contributed by atoms with Crippen LogP contribution in [0.25, 0.3) is 11.4 Å². The van der Waals surface area contributed by atoms with E-state index in [0.29, 0.717) is 13.1 Å². The monoisotopic (exact) mass is 397 g/mol. The molecule has 6 nitrogen and oxygen atoms in total. The Morgan fingerprint density at radius 2 is 1.90 bits per heavy atom. The highest BCUT2D eigenvalue weighted by molar-refractivity contribution is 5.94. The lowest BCUT2D eigenvalue weighted by atomic mass is 9.94. The number of piperidine rings is 1. The molecular weight excluding hydrogens is 376 g/mol. The van der Waals surface area contributed by atoms with Crippen LogP contribution in [0.1, 0.15) is 40.6 Å². The van der Waals surface area contributed by atoms with E-state index in [1.165, 1.54) is 0 Å². The SMILES string of the molecule is Cc1ncc(-c2cncc([C@@H]3CCCN(C(=O)c4cc(F)cc(F)c4)C3)n2)n1C. The summed E-state index contributed by atoms with van der Waals surface area (Å²) in [5.74, 6) is -1.00. The summed E-state index contributed by atoms with van der Waals surface area (Å²) >= 11 is 0. The fourth-order valence-electron chi connectivity index (χ4n) is 3.70. The Bertz CT molecular complexity index is 1040. The third-order valence-corrected chi connectivity index (χ3v) is 5.37. The zero-order chi connectivity index (χ0) is 20.5. The summed E-state index contributed by atoms with van der Waals surface area (Å²) in [7, 11) is 1.92. The molecule has 1 aromatic carbocycles. The van der Waals surface area contributed by atoms with Crippen LogP contribution in [0, 0.1) is 18.6 Å². The Morgan fingerprint density at radius 1 is 1.14 bits per heavy atom. The number of carbonyl (C=O) groups is 1. The van der Waals surface area contributed by atoms with Crippen molar-refractivity contribution in [1.29, 1.82) is 0 Å². The molecular formula is C21H21F2N5O. The van der Waals surface area contributed by atoms with Gasteiger partial charge in [0.2, 0.25) is 0 Å². The van der Waals surface area contributed by atoms with E-state index in [1.807, 2.05) is 18.5 Å². The van der Waals surface area contributed by atoms with Crippen LogP contribution in [0.5, 0.6) is 0 Å². The van der Waals surface area contributed by atoms with Crippen molar-refractivity contribution in [2.45, 2.75) is 25.7 Å². The molecule has 0 spiro atoms. The number of hydrogen-bond acceptors (Lipinski definition) is 4.